The molecule has 88 heavy (non-hydrogen) atoms. The zero-order valence-electron chi connectivity index (χ0n) is 54.0. The molecule has 0 bridgehead atoms. The van der Waals surface area contributed by atoms with Crippen molar-refractivity contribution in [2.24, 2.45) is 0 Å². The molecule has 0 radical (unpaired) electrons. The minimum atomic E-state index is -0.795. The molecule has 0 saturated carbocycles. The van der Waals surface area contributed by atoms with Gasteiger partial charge in [-0.15, -0.1) is 13.2 Å². The largest absolute Gasteiger partial charge is 0.444 e. The lowest BCUT2D eigenvalue weighted by Crippen LogP contribution is -2.56. The maximum Gasteiger partial charge on any atom is 0.410 e. The molecule has 6 amide bonds. The van der Waals surface area contributed by atoms with Crippen LogP contribution in [0, 0.1) is 0 Å². The quantitative estimate of drug-likeness (QED) is 0.0280. The van der Waals surface area contributed by atoms with E-state index in [9.17, 15) is 28.8 Å². The van der Waals surface area contributed by atoms with E-state index in [1.807, 2.05) is 175 Å². The summed E-state index contributed by atoms with van der Waals surface area (Å²) in [6.45, 7) is 18.7. The number of carbonyl (C=O) groups is 6. The third-order valence-corrected chi connectivity index (χ3v) is 16.5. The van der Waals surface area contributed by atoms with Crippen LogP contribution in [0.3, 0.4) is 0 Å². The number of ether oxygens (including phenoxy) is 1. The number of nitrogens with one attached hydrogen (secondary N) is 4. The summed E-state index contributed by atoms with van der Waals surface area (Å²) in [5, 5.41) is 12.8. The highest BCUT2D eigenvalue weighted by molar-refractivity contribution is 5.92. The number of rotatable bonds is 28. The van der Waals surface area contributed by atoms with Crippen molar-refractivity contribution in [1.29, 1.82) is 0 Å². The normalized spacial score (nSPS) is 16.3. The van der Waals surface area contributed by atoms with Gasteiger partial charge in [-0.1, -0.05) is 152 Å². The van der Waals surface area contributed by atoms with Crippen molar-refractivity contribution in [3.8, 4) is 0 Å². The minimum Gasteiger partial charge on any atom is -0.444 e. The van der Waals surface area contributed by atoms with Crippen molar-refractivity contribution in [1.82, 2.24) is 45.8 Å². The molecule has 7 atom stereocenters. The van der Waals surface area contributed by atoms with E-state index in [0.717, 1.165) is 68.3 Å². The number of aryl methyl sites for hydroxylation is 2. The molecule has 0 unspecified atom stereocenters. The van der Waals surface area contributed by atoms with Crippen LogP contribution in [-0.4, -0.2) is 175 Å². The molecule has 0 aromatic heterocycles. The first-order valence-electron chi connectivity index (χ1n) is 31.5. The van der Waals surface area contributed by atoms with Crippen molar-refractivity contribution in [3.05, 3.63) is 193 Å². The molecule has 16 nitrogen and oxygen atoms in total. The maximum absolute atomic E-state index is 14.2. The second kappa shape index (κ2) is 37.2. The van der Waals surface area contributed by atoms with E-state index in [2.05, 4.69) is 58.7 Å². The standard InChI is InChI=1S/C38H51N5O3.C32H46N4O4.C2H4/c1-29(41(3)4)36(44)40-34(23-22-30-15-8-5-9-16-30)38(46)43-25-14-21-33(43)28-42(26-24-31-17-10-6-11-18-31)37(45)35(39-2)27-32-19-12-7-13-20-32;1-24(35(5)31(39)40-32(2,3)4)29(37)34-28(19-18-25-13-8-6-9-14-25)30(38)36-22-12-17-27(36)23-33-21-20-26-15-10-7-11-16-26;1-2/h5-13,15-20,29,33-35,39H,14,21-28H2,1-4H3,(H,40,44);6-11,13-16,24,27-28,33H,12,17-23H2,1-5H3,(H,34,37);1-2H2/t29-,33-,34-,35+;24-,27-,28-;/m00./s1. The second-order valence-corrected chi connectivity index (χ2v) is 24.2. The minimum absolute atomic E-state index is 0.0373. The van der Waals surface area contributed by atoms with Gasteiger partial charge in [-0.05, 0) is 161 Å². The van der Waals surface area contributed by atoms with Gasteiger partial charge < -0.3 is 40.7 Å². The summed E-state index contributed by atoms with van der Waals surface area (Å²) in [6.07, 6.45) is 7.53. The van der Waals surface area contributed by atoms with Crippen LogP contribution in [0.2, 0.25) is 0 Å². The summed E-state index contributed by atoms with van der Waals surface area (Å²) in [5.41, 5.74) is 5.11. The summed E-state index contributed by atoms with van der Waals surface area (Å²) in [7, 11) is 7.09. The molecule has 2 aliphatic rings. The zero-order valence-corrected chi connectivity index (χ0v) is 54.0. The van der Waals surface area contributed by atoms with Gasteiger partial charge in [-0.3, -0.25) is 33.8 Å². The van der Waals surface area contributed by atoms with Crippen molar-refractivity contribution in [3.63, 3.8) is 0 Å². The topological polar surface area (TPSA) is 176 Å². The van der Waals surface area contributed by atoms with Gasteiger partial charge in [0.2, 0.25) is 29.5 Å². The maximum atomic E-state index is 14.2. The van der Waals surface area contributed by atoms with Crippen LogP contribution < -0.4 is 21.3 Å². The lowest BCUT2D eigenvalue weighted by molar-refractivity contribution is -0.140. The van der Waals surface area contributed by atoms with Crippen LogP contribution in [0.4, 0.5) is 4.79 Å². The monoisotopic (exact) mass is 1200 g/mol. The number of carbonyl (C=O) groups excluding carboxylic acids is 6. The molecule has 2 saturated heterocycles. The van der Waals surface area contributed by atoms with E-state index in [-0.39, 0.29) is 53.7 Å². The highest BCUT2D eigenvalue weighted by atomic mass is 16.6. The van der Waals surface area contributed by atoms with E-state index in [0.29, 0.717) is 58.3 Å². The Labute approximate surface area is 525 Å². The summed E-state index contributed by atoms with van der Waals surface area (Å²) in [4.78, 5) is 90.1. The molecule has 476 valence electrons. The molecule has 0 spiro atoms. The van der Waals surface area contributed by atoms with Crippen molar-refractivity contribution in [2.75, 3.05) is 67.5 Å². The van der Waals surface area contributed by atoms with Gasteiger partial charge in [0, 0.05) is 51.9 Å². The number of hydrogen-bond acceptors (Lipinski definition) is 10. The number of likely N-dealkylation sites (tertiary alicyclic amines) is 2. The van der Waals surface area contributed by atoms with Crippen molar-refractivity contribution in [2.45, 2.75) is 153 Å². The van der Waals surface area contributed by atoms with Gasteiger partial charge in [-0.2, -0.15) is 0 Å². The smallest absolute Gasteiger partial charge is 0.410 e. The molecule has 5 aromatic rings. The lowest BCUT2D eigenvalue weighted by Gasteiger charge is -2.35. The molecular formula is C72H101N9O7. The number of amides is 6. The molecule has 16 heteroatoms. The first-order chi connectivity index (χ1) is 42.3. The number of nitrogens with zero attached hydrogens (tertiary/aromatic N) is 5. The van der Waals surface area contributed by atoms with E-state index in [1.165, 1.54) is 23.1 Å². The molecule has 7 rings (SSSR count). The molecule has 2 aliphatic heterocycles. The number of likely N-dealkylation sites (N-methyl/N-ethyl adjacent to an activating group) is 3. The molecule has 4 N–H and O–H groups in total. The molecular weight excluding hydrogens is 1100 g/mol. The molecule has 5 aromatic carbocycles. The van der Waals surface area contributed by atoms with E-state index in [4.69, 9.17) is 4.74 Å². The zero-order chi connectivity index (χ0) is 64.0. The van der Waals surface area contributed by atoms with Crippen LogP contribution in [-0.2, 0) is 60.8 Å². The Bertz CT molecular complexity index is 2860. The lowest BCUT2D eigenvalue weighted by atomic mass is 10.0. The second-order valence-electron chi connectivity index (χ2n) is 24.2. The summed E-state index contributed by atoms with van der Waals surface area (Å²) >= 11 is 0. The van der Waals surface area contributed by atoms with Crippen molar-refractivity contribution < 1.29 is 33.5 Å². The van der Waals surface area contributed by atoms with Gasteiger partial charge in [-0.25, -0.2) is 4.79 Å². The molecule has 2 heterocycles. The van der Waals surface area contributed by atoms with Gasteiger partial charge in [0.1, 0.15) is 23.7 Å². The van der Waals surface area contributed by atoms with Crippen LogP contribution >= 0.6 is 0 Å². The third kappa shape index (κ3) is 23.5. The van der Waals surface area contributed by atoms with Gasteiger partial charge in [0.25, 0.3) is 0 Å². The van der Waals surface area contributed by atoms with E-state index in [1.54, 1.807) is 27.7 Å². The summed E-state index contributed by atoms with van der Waals surface area (Å²) < 4.78 is 5.42. The van der Waals surface area contributed by atoms with E-state index >= 15 is 0 Å². The average molecular weight is 1200 g/mol. The van der Waals surface area contributed by atoms with Crippen LogP contribution in [0.25, 0.3) is 0 Å². The van der Waals surface area contributed by atoms with Crippen LogP contribution in [0.1, 0.15) is 101 Å². The Morgan fingerprint density at radius 2 is 0.977 bits per heavy atom. The fourth-order valence-corrected chi connectivity index (χ4v) is 11.0. The fourth-order valence-electron chi connectivity index (χ4n) is 11.0. The van der Waals surface area contributed by atoms with Gasteiger partial charge in [0.15, 0.2) is 0 Å². The summed E-state index contributed by atoms with van der Waals surface area (Å²) in [5.74, 6) is -0.636. The Balaban J connectivity index is 0.000000315. The van der Waals surface area contributed by atoms with E-state index < -0.39 is 29.8 Å². The fraction of sp³-hybridized carbons (Fsp3) is 0.472. The Hall–Kier alpha value is -7.66. The predicted octanol–water partition coefficient (Wildman–Crippen LogP) is 8.93. The Morgan fingerprint density at radius 1 is 0.568 bits per heavy atom. The van der Waals surface area contributed by atoms with Gasteiger partial charge >= 0.3 is 6.09 Å². The van der Waals surface area contributed by atoms with Crippen LogP contribution in [0.15, 0.2) is 165 Å². The predicted molar refractivity (Wildman–Crippen MR) is 353 cm³/mol. The van der Waals surface area contributed by atoms with Gasteiger partial charge in [0.05, 0.1) is 12.1 Å². The van der Waals surface area contributed by atoms with Crippen LogP contribution in [0.5, 0.6) is 0 Å². The number of benzene rings is 5. The first kappa shape index (κ1) is 71.1. The highest BCUT2D eigenvalue weighted by Crippen LogP contribution is 2.24. The highest BCUT2D eigenvalue weighted by Gasteiger charge is 2.38. The SMILES string of the molecule is C=C.CN[C@H](Cc1ccccc1)C(=O)N(CCc1ccccc1)C[C@@H]1CCCN1C(=O)[C@H](CCc1ccccc1)NC(=O)[C@H](C)N(C)C.C[C@@H](C(=O)N[C@@H](CCc1ccccc1)C(=O)N1CCC[C@H]1CNCCc1ccccc1)N(C)C(=O)OC(C)(C)C. The average Bonchev–Trinajstić information content (AvgIpc) is 3.30. The summed E-state index contributed by atoms with van der Waals surface area (Å²) in [6, 6.07) is 47.7. The molecule has 0 aliphatic carbocycles. The van der Waals surface area contributed by atoms with Crippen molar-refractivity contribution >= 4 is 35.6 Å². The third-order valence-electron chi connectivity index (χ3n) is 16.5. The first-order valence-corrected chi connectivity index (χ1v) is 31.5. The Morgan fingerprint density at radius 3 is 1.42 bits per heavy atom. The molecule has 2 fully saturated rings. The Kier molecular flexibility index (Phi) is 30.1. The number of hydrogen-bond donors (Lipinski definition) is 4.